The van der Waals surface area contributed by atoms with Crippen LogP contribution in [0, 0.1) is 6.92 Å². The van der Waals surface area contributed by atoms with Gasteiger partial charge >= 0.3 is 6.09 Å². The topological polar surface area (TPSA) is 123 Å². The van der Waals surface area contributed by atoms with Crippen LogP contribution in [0.1, 0.15) is 12.6 Å². The summed E-state index contributed by atoms with van der Waals surface area (Å²) in [4.78, 5) is 28.6. The van der Waals surface area contributed by atoms with E-state index in [1.54, 1.807) is 24.1 Å². The van der Waals surface area contributed by atoms with Gasteiger partial charge in [-0.1, -0.05) is 0 Å². The maximum absolute atomic E-state index is 11.9. The van der Waals surface area contributed by atoms with Crippen molar-refractivity contribution in [2.45, 2.75) is 13.8 Å². The molecule has 0 atom stereocenters. The van der Waals surface area contributed by atoms with E-state index in [9.17, 15) is 4.79 Å². The number of piperazine rings is 1. The number of carbonyl (C=O) groups is 1. The van der Waals surface area contributed by atoms with Gasteiger partial charge in [-0.2, -0.15) is 4.98 Å². The van der Waals surface area contributed by atoms with E-state index in [-0.39, 0.29) is 12.0 Å². The number of aromatic nitrogens is 3. The molecular weight excluding hydrogens is 334 g/mol. The minimum Gasteiger partial charge on any atom is -0.450 e. The van der Waals surface area contributed by atoms with E-state index in [0.29, 0.717) is 38.6 Å². The van der Waals surface area contributed by atoms with Crippen molar-refractivity contribution < 1.29 is 9.53 Å². The van der Waals surface area contributed by atoms with Crippen molar-refractivity contribution in [3.8, 4) is 11.1 Å². The molecule has 0 aromatic carbocycles. The first-order valence-corrected chi connectivity index (χ1v) is 8.52. The average Bonchev–Trinajstić information content (AvgIpc) is 2.62. The molecule has 1 saturated heterocycles. The third-order valence-corrected chi connectivity index (χ3v) is 4.27. The van der Waals surface area contributed by atoms with Crippen molar-refractivity contribution in [1.29, 1.82) is 0 Å². The summed E-state index contributed by atoms with van der Waals surface area (Å²) in [7, 11) is 0. The molecule has 4 N–H and O–H groups in total. The fraction of sp³-hybridized carbons (Fsp3) is 0.412. The number of carbonyl (C=O) groups excluding carboxylic acids is 1. The number of amides is 1. The van der Waals surface area contributed by atoms with Gasteiger partial charge in [0.1, 0.15) is 11.6 Å². The number of ether oxygens (including phenoxy) is 1. The fourth-order valence-corrected chi connectivity index (χ4v) is 3.01. The molecule has 9 heteroatoms. The summed E-state index contributed by atoms with van der Waals surface area (Å²) in [5, 5.41) is 0. The van der Waals surface area contributed by atoms with Gasteiger partial charge in [0.25, 0.3) is 0 Å². The van der Waals surface area contributed by atoms with Crippen molar-refractivity contribution in [3.63, 3.8) is 0 Å². The highest BCUT2D eigenvalue weighted by atomic mass is 16.6. The van der Waals surface area contributed by atoms with Gasteiger partial charge in [-0.15, -0.1) is 0 Å². The van der Waals surface area contributed by atoms with Gasteiger partial charge in [-0.05, 0) is 26.0 Å². The molecule has 1 fully saturated rings. The Morgan fingerprint density at radius 3 is 2.54 bits per heavy atom. The van der Waals surface area contributed by atoms with Gasteiger partial charge in [0.05, 0.1) is 12.3 Å². The smallest absolute Gasteiger partial charge is 0.409 e. The molecule has 2 aromatic rings. The maximum Gasteiger partial charge on any atom is 0.409 e. The molecule has 0 spiro atoms. The lowest BCUT2D eigenvalue weighted by atomic mass is 10.1. The molecule has 0 saturated carbocycles. The summed E-state index contributed by atoms with van der Waals surface area (Å²) in [6.45, 7) is 6.43. The Morgan fingerprint density at radius 2 is 1.92 bits per heavy atom. The third kappa shape index (κ3) is 3.61. The standard InChI is InChI=1S/C17H23N7O2/c1-3-26-17(25)24-8-6-23(7-9-24)15-14(11(2)21-16(19)22-15)12-4-5-13(18)20-10-12/h4-5,10H,3,6-9H2,1-2H3,(H2,18,20)(H2,19,21,22). The molecule has 3 rings (SSSR count). The van der Waals surface area contributed by atoms with Crippen LogP contribution in [0.25, 0.3) is 11.1 Å². The highest BCUT2D eigenvalue weighted by Gasteiger charge is 2.26. The normalized spacial score (nSPS) is 14.4. The Morgan fingerprint density at radius 1 is 1.19 bits per heavy atom. The largest absolute Gasteiger partial charge is 0.450 e. The lowest BCUT2D eigenvalue weighted by Crippen LogP contribution is -2.49. The Hall–Kier alpha value is -3.10. The van der Waals surface area contributed by atoms with Crippen molar-refractivity contribution in [3.05, 3.63) is 24.0 Å². The van der Waals surface area contributed by atoms with E-state index in [2.05, 4.69) is 19.9 Å². The van der Waals surface area contributed by atoms with E-state index in [0.717, 1.165) is 22.6 Å². The number of nitrogens with zero attached hydrogens (tertiary/aromatic N) is 5. The minimum absolute atomic E-state index is 0.220. The lowest BCUT2D eigenvalue weighted by Gasteiger charge is -2.35. The van der Waals surface area contributed by atoms with Crippen LogP contribution < -0.4 is 16.4 Å². The zero-order chi connectivity index (χ0) is 18.7. The van der Waals surface area contributed by atoms with Crippen LogP contribution in [0.3, 0.4) is 0 Å². The third-order valence-electron chi connectivity index (χ3n) is 4.27. The highest BCUT2D eigenvalue weighted by molar-refractivity contribution is 5.79. The number of hydrogen-bond donors (Lipinski definition) is 2. The monoisotopic (exact) mass is 357 g/mol. The van der Waals surface area contributed by atoms with Crippen molar-refractivity contribution in [1.82, 2.24) is 19.9 Å². The van der Waals surface area contributed by atoms with Crippen molar-refractivity contribution >= 4 is 23.7 Å². The van der Waals surface area contributed by atoms with Crippen molar-refractivity contribution in [2.75, 3.05) is 49.2 Å². The van der Waals surface area contributed by atoms with Crippen molar-refractivity contribution in [2.24, 2.45) is 0 Å². The predicted octanol–water partition coefficient (Wildman–Crippen LogP) is 1.29. The lowest BCUT2D eigenvalue weighted by molar-refractivity contribution is 0.105. The van der Waals surface area contributed by atoms with E-state index < -0.39 is 0 Å². The van der Waals surface area contributed by atoms with E-state index >= 15 is 0 Å². The number of anilines is 3. The van der Waals surface area contributed by atoms with Crippen LogP contribution in [0.2, 0.25) is 0 Å². The molecule has 1 aliphatic heterocycles. The van der Waals surface area contributed by atoms with E-state index in [4.69, 9.17) is 16.2 Å². The highest BCUT2D eigenvalue weighted by Crippen LogP contribution is 2.32. The second-order valence-corrected chi connectivity index (χ2v) is 6.01. The molecule has 0 unspecified atom stereocenters. The molecule has 1 aliphatic rings. The SMILES string of the molecule is CCOC(=O)N1CCN(c2nc(N)nc(C)c2-c2ccc(N)nc2)CC1. The molecule has 0 bridgehead atoms. The maximum atomic E-state index is 11.9. The number of nitrogens with two attached hydrogens (primary N) is 2. The number of aryl methyl sites for hydroxylation is 1. The molecule has 2 aromatic heterocycles. The second-order valence-electron chi connectivity index (χ2n) is 6.01. The first-order chi connectivity index (χ1) is 12.5. The van der Waals surface area contributed by atoms with Gasteiger partial charge in [-0.3, -0.25) is 0 Å². The number of nitrogen functional groups attached to an aromatic ring is 2. The summed E-state index contributed by atoms with van der Waals surface area (Å²) in [5.41, 5.74) is 14.1. The Kier molecular flexibility index (Phi) is 5.06. The molecule has 0 radical (unpaired) electrons. The van der Waals surface area contributed by atoms with Gasteiger partial charge in [0.15, 0.2) is 0 Å². The molecule has 3 heterocycles. The van der Waals surface area contributed by atoms with E-state index in [1.165, 1.54) is 0 Å². The second kappa shape index (κ2) is 7.42. The average molecular weight is 357 g/mol. The first-order valence-electron chi connectivity index (χ1n) is 8.52. The predicted molar refractivity (Wildman–Crippen MR) is 99.6 cm³/mol. The zero-order valence-electron chi connectivity index (χ0n) is 15.0. The molecule has 0 aliphatic carbocycles. The van der Waals surface area contributed by atoms with Crippen LogP contribution in [-0.4, -0.2) is 58.7 Å². The fourth-order valence-electron chi connectivity index (χ4n) is 3.01. The van der Waals surface area contributed by atoms with Crippen LogP contribution in [0.4, 0.5) is 22.4 Å². The molecule has 9 nitrogen and oxygen atoms in total. The summed E-state index contributed by atoms with van der Waals surface area (Å²) < 4.78 is 5.07. The van der Waals surface area contributed by atoms with E-state index in [1.807, 2.05) is 13.0 Å². The summed E-state index contributed by atoms with van der Waals surface area (Å²) in [6, 6.07) is 3.64. The van der Waals surface area contributed by atoms with Crippen LogP contribution in [0.15, 0.2) is 18.3 Å². The quantitative estimate of drug-likeness (QED) is 0.842. The van der Waals surface area contributed by atoms with Gasteiger partial charge in [0.2, 0.25) is 5.95 Å². The molecule has 1 amide bonds. The minimum atomic E-state index is -0.284. The number of pyridine rings is 1. The first kappa shape index (κ1) is 17.7. The van der Waals surface area contributed by atoms with Crippen LogP contribution in [0.5, 0.6) is 0 Å². The number of rotatable bonds is 3. The number of hydrogen-bond acceptors (Lipinski definition) is 8. The summed E-state index contributed by atoms with van der Waals surface area (Å²) in [6.07, 6.45) is 1.42. The molecule has 26 heavy (non-hydrogen) atoms. The van der Waals surface area contributed by atoms with Crippen LogP contribution >= 0.6 is 0 Å². The zero-order valence-corrected chi connectivity index (χ0v) is 15.0. The van der Waals surface area contributed by atoms with Gasteiger partial charge in [0, 0.05) is 43.5 Å². The van der Waals surface area contributed by atoms with Gasteiger partial charge < -0.3 is 26.0 Å². The van der Waals surface area contributed by atoms with Gasteiger partial charge in [-0.25, -0.2) is 14.8 Å². The Balaban J connectivity index is 1.88. The molecule has 138 valence electrons. The molecular formula is C17H23N7O2. The Bertz CT molecular complexity index is 786. The summed E-state index contributed by atoms with van der Waals surface area (Å²) in [5.74, 6) is 1.41. The Labute approximate surface area is 152 Å². The summed E-state index contributed by atoms with van der Waals surface area (Å²) >= 11 is 0. The van der Waals surface area contributed by atoms with Crippen LogP contribution in [-0.2, 0) is 4.74 Å².